The summed E-state index contributed by atoms with van der Waals surface area (Å²) in [5.74, 6) is 0.425. The topological polar surface area (TPSA) is 79.0 Å². The molecule has 1 aliphatic rings. The molecule has 162 valence electrons. The molecule has 30 heavy (non-hydrogen) atoms. The zero-order chi connectivity index (χ0) is 21.7. The molecule has 0 unspecified atom stereocenters. The number of halogens is 2. The van der Waals surface area contributed by atoms with Gasteiger partial charge in [-0.05, 0) is 31.2 Å². The number of amides is 1. The summed E-state index contributed by atoms with van der Waals surface area (Å²) in [6.45, 7) is 3.85. The van der Waals surface area contributed by atoms with Crippen LogP contribution in [0.1, 0.15) is 6.92 Å². The number of piperazine rings is 1. The first-order valence-corrected chi connectivity index (χ1v) is 11.7. The monoisotopic (exact) mass is 471 g/mol. The normalized spacial score (nSPS) is 15.7. The van der Waals surface area contributed by atoms with E-state index >= 15 is 0 Å². The minimum absolute atomic E-state index is 0.0768. The molecule has 0 radical (unpaired) electrons. The van der Waals surface area contributed by atoms with Gasteiger partial charge in [0.05, 0.1) is 28.9 Å². The highest BCUT2D eigenvalue weighted by Crippen LogP contribution is 2.32. The number of para-hydroxylation sites is 2. The lowest BCUT2D eigenvalue weighted by molar-refractivity contribution is -0.117. The van der Waals surface area contributed by atoms with Crippen molar-refractivity contribution < 1.29 is 17.9 Å². The van der Waals surface area contributed by atoms with E-state index in [0.29, 0.717) is 31.1 Å². The summed E-state index contributed by atoms with van der Waals surface area (Å²) in [7, 11) is -3.81. The average Bonchev–Trinajstić information content (AvgIpc) is 2.70. The second kappa shape index (κ2) is 9.98. The first kappa shape index (κ1) is 22.8. The van der Waals surface area contributed by atoms with Crippen LogP contribution < -0.4 is 10.1 Å². The lowest BCUT2D eigenvalue weighted by Crippen LogP contribution is -2.50. The summed E-state index contributed by atoms with van der Waals surface area (Å²) in [6, 6.07) is 11.8. The van der Waals surface area contributed by atoms with Gasteiger partial charge >= 0.3 is 0 Å². The summed E-state index contributed by atoms with van der Waals surface area (Å²) in [5.41, 5.74) is 0.610. The summed E-state index contributed by atoms with van der Waals surface area (Å²) in [4.78, 5) is 14.3. The number of anilines is 1. The Labute approximate surface area is 186 Å². The van der Waals surface area contributed by atoms with Crippen LogP contribution in [0.4, 0.5) is 5.69 Å². The van der Waals surface area contributed by atoms with E-state index < -0.39 is 10.0 Å². The number of hydrogen-bond donors (Lipinski definition) is 1. The van der Waals surface area contributed by atoms with E-state index in [4.69, 9.17) is 27.9 Å². The number of carbonyl (C=O) groups excluding carboxylic acids is 1. The van der Waals surface area contributed by atoms with E-state index in [2.05, 4.69) is 5.32 Å². The zero-order valence-electron chi connectivity index (χ0n) is 16.5. The first-order chi connectivity index (χ1) is 14.3. The van der Waals surface area contributed by atoms with Crippen molar-refractivity contribution in [2.45, 2.75) is 11.8 Å². The van der Waals surface area contributed by atoms with Crippen LogP contribution in [0.5, 0.6) is 5.75 Å². The predicted molar refractivity (Wildman–Crippen MR) is 118 cm³/mol. The maximum atomic E-state index is 12.9. The summed E-state index contributed by atoms with van der Waals surface area (Å²) in [5, 5.41) is 3.04. The Hall–Kier alpha value is -1.84. The third-order valence-corrected chi connectivity index (χ3v) is 7.53. The van der Waals surface area contributed by atoms with E-state index in [-0.39, 0.29) is 40.5 Å². The Balaban J connectivity index is 1.59. The van der Waals surface area contributed by atoms with Gasteiger partial charge in [0.2, 0.25) is 15.9 Å². The third kappa shape index (κ3) is 5.25. The second-order valence-corrected chi connectivity index (χ2v) is 9.40. The van der Waals surface area contributed by atoms with Crippen LogP contribution in [0.3, 0.4) is 0 Å². The molecule has 1 heterocycles. The molecular weight excluding hydrogens is 449 g/mol. The Morgan fingerprint density at radius 2 is 1.67 bits per heavy atom. The van der Waals surface area contributed by atoms with Crippen LogP contribution in [0.25, 0.3) is 0 Å². The van der Waals surface area contributed by atoms with E-state index in [1.807, 2.05) is 24.0 Å². The fourth-order valence-corrected chi connectivity index (χ4v) is 5.74. The quantitative estimate of drug-likeness (QED) is 0.669. The largest absolute Gasteiger partial charge is 0.492 e. The number of nitrogens with zero attached hydrogens (tertiary/aromatic N) is 2. The van der Waals surface area contributed by atoms with E-state index in [1.165, 1.54) is 16.4 Å². The van der Waals surface area contributed by atoms with Crippen molar-refractivity contribution in [3.63, 3.8) is 0 Å². The van der Waals surface area contributed by atoms with Gasteiger partial charge in [0, 0.05) is 26.2 Å². The highest BCUT2D eigenvalue weighted by atomic mass is 35.5. The minimum Gasteiger partial charge on any atom is -0.492 e. The SMILES string of the molecule is CCOc1ccccc1NC(=O)CN1CCN(S(=O)(=O)c2c(Cl)cccc2Cl)CC1. The third-order valence-electron chi connectivity index (χ3n) is 4.68. The van der Waals surface area contributed by atoms with Gasteiger partial charge in [0.15, 0.2) is 0 Å². The molecule has 2 aromatic rings. The Morgan fingerprint density at radius 3 is 2.30 bits per heavy atom. The molecule has 2 aromatic carbocycles. The number of ether oxygens (including phenoxy) is 1. The van der Waals surface area contributed by atoms with Crippen LogP contribution in [0.15, 0.2) is 47.4 Å². The van der Waals surface area contributed by atoms with E-state index in [0.717, 1.165) is 0 Å². The molecule has 0 spiro atoms. The maximum absolute atomic E-state index is 12.9. The minimum atomic E-state index is -3.81. The van der Waals surface area contributed by atoms with Crippen molar-refractivity contribution in [3.8, 4) is 5.75 Å². The van der Waals surface area contributed by atoms with Crippen LogP contribution >= 0.6 is 23.2 Å². The molecule has 1 saturated heterocycles. The summed E-state index contributed by atoms with van der Waals surface area (Å²) >= 11 is 12.2. The van der Waals surface area contributed by atoms with Gasteiger partial charge in [-0.2, -0.15) is 4.31 Å². The second-order valence-electron chi connectivity index (χ2n) is 6.71. The molecule has 1 fully saturated rings. The van der Waals surface area contributed by atoms with E-state index in [9.17, 15) is 13.2 Å². The zero-order valence-corrected chi connectivity index (χ0v) is 18.8. The van der Waals surface area contributed by atoms with Crippen LogP contribution in [0, 0.1) is 0 Å². The van der Waals surface area contributed by atoms with Gasteiger partial charge in [-0.3, -0.25) is 9.69 Å². The van der Waals surface area contributed by atoms with Crippen LogP contribution in [-0.4, -0.2) is 62.9 Å². The molecular formula is C20H23Cl2N3O4S. The van der Waals surface area contributed by atoms with Gasteiger partial charge in [-0.15, -0.1) is 0 Å². The van der Waals surface area contributed by atoms with Crippen molar-refractivity contribution in [3.05, 3.63) is 52.5 Å². The van der Waals surface area contributed by atoms with Crippen molar-refractivity contribution in [2.75, 3.05) is 44.6 Å². The van der Waals surface area contributed by atoms with Gasteiger partial charge in [0.1, 0.15) is 10.6 Å². The van der Waals surface area contributed by atoms with Crippen LogP contribution in [-0.2, 0) is 14.8 Å². The maximum Gasteiger partial charge on any atom is 0.246 e. The fourth-order valence-electron chi connectivity index (χ4n) is 3.23. The highest BCUT2D eigenvalue weighted by molar-refractivity contribution is 7.89. The molecule has 0 bridgehead atoms. The lowest BCUT2D eigenvalue weighted by Gasteiger charge is -2.33. The number of carbonyl (C=O) groups is 1. The molecule has 0 atom stereocenters. The van der Waals surface area contributed by atoms with Gasteiger partial charge in [-0.25, -0.2) is 8.42 Å². The molecule has 0 aromatic heterocycles. The number of hydrogen-bond acceptors (Lipinski definition) is 5. The fraction of sp³-hybridized carbons (Fsp3) is 0.350. The first-order valence-electron chi connectivity index (χ1n) is 9.51. The Bertz CT molecular complexity index is 989. The van der Waals surface area contributed by atoms with Crippen molar-refractivity contribution in [1.82, 2.24) is 9.21 Å². The van der Waals surface area contributed by atoms with Gasteiger partial charge < -0.3 is 10.1 Å². The van der Waals surface area contributed by atoms with Gasteiger partial charge in [0.25, 0.3) is 0 Å². The average molecular weight is 472 g/mol. The molecule has 1 N–H and O–H groups in total. The standard InChI is InChI=1S/C20H23Cl2N3O4S/c1-2-29-18-9-4-3-8-17(18)23-19(26)14-24-10-12-25(13-11-24)30(27,28)20-15(21)6-5-7-16(20)22/h3-9H,2,10-14H2,1H3,(H,23,26). The Morgan fingerprint density at radius 1 is 1.03 bits per heavy atom. The highest BCUT2D eigenvalue weighted by Gasteiger charge is 2.32. The number of sulfonamides is 1. The molecule has 0 saturated carbocycles. The van der Waals surface area contributed by atoms with E-state index in [1.54, 1.807) is 18.2 Å². The summed E-state index contributed by atoms with van der Waals surface area (Å²) in [6.07, 6.45) is 0. The predicted octanol–water partition coefficient (Wildman–Crippen LogP) is 3.34. The number of benzene rings is 2. The number of nitrogens with one attached hydrogen (secondary N) is 1. The molecule has 7 nitrogen and oxygen atoms in total. The van der Waals surface area contributed by atoms with Crippen molar-refractivity contribution in [2.24, 2.45) is 0 Å². The Kier molecular flexibility index (Phi) is 7.60. The van der Waals surface area contributed by atoms with Crippen molar-refractivity contribution >= 4 is 44.8 Å². The molecule has 3 rings (SSSR count). The molecule has 1 amide bonds. The molecule has 0 aliphatic carbocycles. The smallest absolute Gasteiger partial charge is 0.246 e. The number of rotatable bonds is 7. The summed E-state index contributed by atoms with van der Waals surface area (Å²) < 4.78 is 32.8. The van der Waals surface area contributed by atoms with Crippen molar-refractivity contribution in [1.29, 1.82) is 0 Å². The molecule has 1 aliphatic heterocycles. The van der Waals surface area contributed by atoms with Gasteiger partial charge in [-0.1, -0.05) is 41.4 Å². The lowest BCUT2D eigenvalue weighted by atomic mass is 10.3. The van der Waals surface area contributed by atoms with Crippen LogP contribution in [0.2, 0.25) is 10.0 Å². The molecule has 10 heteroatoms.